The van der Waals surface area contributed by atoms with Gasteiger partial charge in [0.1, 0.15) is 5.78 Å². The number of nitrogens with one attached hydrogen (secondary N) is 1. The summed E-state index contributed by atoms with van der Waals surface area (Å²) in [5.41, 5.74) is 4.26. The summed E-state index contributed by atoms with van der Waals surface area (Å²) in [4.78, 5) is 28.1. The summed E-state index contributed by atoms with van der Waals surface area (Å²) in [5, 5.41) is 3.76. The molecule has 5 rings (SSSR count). The van der Waals surface area contributed by atoms with Crippen molar-refractivity contribution in [2.45, 2.75) is 69.7 Å². The summed E-state index contributed by atoms with van der Waals surface area (Å²) in [6.45, 7) is 4.96. The summed E-state index contributed by atoms with van der Waals surface area (Å²) >= 11 is 0. The third-order valence-corrected chi connectivity index (χ3v) is 8.16. The number of Topliss-reactive ketones (excluding diaryl/α,β-unsaturated/α-hetero) is 1. The van der Waals surface area contributed by atoms with E-state index in [1.54, 1.807) is 0 Å². The summed E-state index contributed by atoms with van der Waals surface area (Å²) in [6, 6.07) is 7.10. The summed E-state index contributed by atoms with van der Waals surface area (Å²) < 4.78 is 0. The molecule has 0 aromatic heterocycles. The first-order chi connectivity index (χ1) is 13.6. The van der Waals surface area contributed by atoms with Gasteiger partial charge in [0.2, 0.25) is 5.91 Å². The lowest BCUT2D eigenvalue weighted by Gasteiger charge is -2.57. The number of carbonyl (C=O) groups excluding carboxylic acids is 2. The van der Waals surface area contributed by atoms with E-state index in [0.717, 1.165) is 51.7 Å². The topological polar surface area (TPSA) is 49.4 Å². The fourth-order valence-corrected chi connectivity index (χ4v) is 6.68. The van der Waals surface area contributed by atoms with Crippen molar-refractivity contribution in [3.05, 3.63) is 34.9 Å². The molecule has 2 heterocycles. The Morgan fingerprint density at radius 1 is 1.25 bits per heavy atom. The third-order valence-electron chi connectivity index (χ3n) is 8.16. The number of hydrogen-bond acceptors (Lipinski definition) is 3. The minimum Gasteiger partial charge on any atom is -0.343 e. The van der Waals surface area contributed by atoms with E-state index in [-0.39, 0.29) is 17.2 Å². The van der Waals surface area contributed by atoms with Crippen molar-refractivity contribution in [1.82, 2.24) is 10.2 Å². The predicted molar refractivity (Wildman–Crippen MR) is 109 cm³/mol. The van der Waals surface area contributed by atoms with Crippen molar-refractivity contribution < 1.29 is 9.59 Å². The SMILES string of the molecule is Cc1cccc2c1CC1NCCC23CC(=O)C(CC(=O)N2CCCCC2)CC13. The number of piperidine rings is 2. The largest absolute Gasteiger partial charge is 0.343 e. The van der Waals surface area contributed by atoms with E-state index in [4.69, 9.17) is 0 Å². The van der Waals surface area contributed by atoms with Gasteiger partial charge in [-0.1, -0.05) is 18.2 Å². The lowest BCUT2D eigenvalue weighted by atomic mass is 9.50. The summed E-state index contributed by atoms with van der Waals surface area (Å²) in [6.07, 6.45) is 7.49. The fraction of sp³-hybridized carbons (Fsp3) is 0.667. The van der Waals surface area contributed by atoms with Crippen molar-refractivity contribution in [2.75, 3.05) is 19.6 Å². The highest BCUT2D eigenvalue weighted by atomic mass is 16.2. The van der Waals surface area contributed by atoms with Gasteiger partial charge in [0, 0.05) is 43.3 Å². The van der Waals surface area contributed by atoms with Gasteiger partial charge in [-0.25, -0.2) is 0 Å². The van der Waals surface area contributed by atoms with Crippen molar-refractivity contribution in [3.63, 3.8) is 0 Å². The molecular weight excluding hydrogens is 348 g/mol. The summed E-state index contributed by atoms with van der Waals surface area (Å²) in [7, 11) is 0. The Balaban J connectivity index is 1.41. The minimum absolute atomic E-state index is 0.00270. The van der Waals surface area contributed by atoms with Gasteiger partial charge in [0.15, 0.2) is 0 Å². The minimum atomic E-state index is -0.0821. The first kappa shape index (κ1) is 18.4. The standard InChI is InChI=1S/C24H32N2O2/c1-16-6-5-7-19-18(16)14-21-20-12-17(13-23(28)26-10-3-2-4-11-26)22(27)15-24(19,20)8-9-25-21/h5-7,17,20-21,25H,2-4,8-15H2,1H3. The van der Waals surface area contributed by atoms with Crippen LogP contribution in [0.15, 0.2) is 18.2 Å². The van der Waals surface area contributed by atoms with Gasteiger partial charge < -0.3 is 10.2 Å². The second-order valence-electron chi connectivity index (χ2n) is 9.60. The molecule has 4 heteroatoms. The van der Waals surface area contributed by atoms with E-state index < -0.39 is 0 Å². The van der Waals surface area contributed by atoms with Gasteiger partial charge in [0.25, 0.3) is 0 Å². The smallest absolute Gasteiger partial charge is 0.223 e. The first-order valence-corrected chi connectivity index (χ1v) is 11.2. The highest BCUT2D eigenvalue weighted by Gasteiger charge is 2.55. The molecule has 2 aliphatic carbocycles. The first-order valence-electron chi connectivity index (χ1n) is 11.2. The number of benzene rings is 1. The van der Waals surface area contributed by atoms with Gasteiger partial charge in [-0.15, -0.1) is 0 Å². The van der Waals surface area contributed by atoms with Crippen molar-refractivity contribution in [2.24, 2.45) is 11.8 Å². The number of carbonyl (C=O) groups is 2. The lowest BCUT2D eigenvalue weighted by Crippen LogP contribution is -2.62. The van der Waals surface area contributed by atoms with Crippen LogP contribution in [0, 0.1) is 18.8 Å². The number of likely N-dealkylation sites (tertiary alicyclic amines) is 1. The van der Waals surface area contributed by atoms with Gasteiger partial charge in [-0.3, -0.25) is 9.59 Å². The Morgan fingerprint density at radius 2 is 2.07 bits per heavy atom. The number of ketones is 1. The second kappa shape index (κ2) is 6.98. The molecule has 1 N–H and O–H groups in total. The number of fused-ring (bicyclic) bond motifs is 1. The van der Waals surface area contributed by atoms with E-state index in [9.17, 15) is 9.59 Å². The summed E-state index contributed by atoms with van der Waals surface area (Å²) in [5.74, 6) is 0.935. The normalized spacial score (nSPS) is 34.5. The highest BCUT2D eigenvalue weighted by Crippen LogP contribution is 2.54. The molecule has 4 aliphatic rings. The molecule has 4 atom stereocenters. The average Bonchev–Trinajstić information content (AvgIpc) is 2.70. The molecule has 2 aliphatic heterocycles. The van der Waals surface area contributed by atoms with Crippen LogP contribution in [0.4, 0.5) is 0 Å². The zero-order valence-corrected chi connectivity index (χ0v) is 17.0. The molecule has 0 radical (unpaired) electrons. The molecule has 150 valence electrons. The van der Waals surface area contributed by atoms with Crippen LogP contribution in [-0.4, -0.2) is 42.3 Å². The van der Waals surface area contributed by atoms with Crippen LogP contribution in [0.2, 0.25) is 0 Å². The van der Waals surface area contributed by atoms with Gasteiger partial charge in [-0.05, 0) is 74.6 Å². The van der Waals surface area contributed by atoms with Crippen LogP contribution in [0.25, 0.3) is 0 Å². The Kier molecular flexibility index (Phi) is 4.58. The van der Waals surface area contributed by atoms with E-state index in [2.05, 4.69) is 30.4 Å². The van der Waals surface area contributed by atoms with Crippen molar-refractivity contribution in [3.8, 4) is 0 Å². The van der Waals surface area contributed by atoms with Crippen LogP contribution in [-0.2, 0) is 21.4 Å². The number of hydrogen-bond donors (Lipinski definition) is 1. The molecule has 1 aromatic carbocycles. The number of amides is 1. The molecule has 4 nitrogen and oxygen atoms in total. The maximum absolute atomic E-state index is 13.3. The van der Waals surface area contributed by atoms with Gasteiger partial charge >= 0.3 is 0 Å². The fourth-order valence-electron chi connectivity index (χ4n) is 6.68. The van der Waals surface area contributed by atoms with E-state index in [1.165, 1.54) is 23.1 Å². The quantitative estimate of drug-likeness (QED) is 0.857. The van der Waals surface area contributed by atoms with Crippen LogP contribution < -0.4 is 5.32 Å². The van der Waals surface area contributed by atoms with Crippen LogP contribution >= 0.6 is 0 Å². The second-order valence-corrected chi connectivity index (χ2v) is 9.60. The molecule has 4 unspecified atom stereocenters. The van der Waals surface area contributed by atoms with Crippen LogP contribution in [0.1, 0.15) is 61.6 Å². The van der Waals surface area contributed by atoms with Crippen molar-refractivity contribution in [1.29, 1.82) is 0 Å². The van der Waals surface area contributed by atoms with Gasteiger partial charge in [-0.2, -0.15) is 0 Å². The monoisotopic (exact) mass is 380 g/mol. The highest BCUT2D eigenvalue weighted by molar-refractivity contribution is 5.89. The van der Waals surface area contributed by atoms with Crippen LogP contribution in [0.5, 0.6) is 0 Å². The zero-order valence-electron chi connectivity index (χ0n) is 17.0. The molecule has 3 fully saturated rings. The molecule has 28 heavy (non-hydrogen) atoms. The Morgan fingerprint density at radius 3 is 2.89 bits per heavy atom. The third kappa shape index (κ3) is 2.83. The maximum atomic E-state index is 13.3. The Labute approximate surface area is 168 Å². The number of rotatable bonds is 2. The molecule has 1 saturated carbocycles. The molecule has 1 aromatic rings. The molecular formula is C24H32N2O2. The number of nitrogens with zero attached hydrogens (tertiary/aromatic N) is 1. The molecule has 2 bridgehead atoms. The van der Waals surface area contributed by atoms with E-state index in [0.29, 0.717) is 30.6 Å². The number of aryl methyl sites for hydroxylation is 1. The molecule has 0 spiro atoms. The van der Waals surface area contributed by atoms with Crippen molar-refractivity contribution >= 4 is 11.7 Å². The zero-order chi connectivity index (χ0) is 19.3. The predicted octanol–water partition coefficient (Wildman–Crippen LogP) is 3.15. The average molecular weight is 381 g/mol. The lowest BCUT2D eigenvalue weighted by molar-refractivity contribution is -0.140. The van der Waals surface area contributed by atoms with Crippen LogP contribution in [0.3, 0.4) is 0 Å². The molecule has 2 saturated heterocycles. The van der Waals surface area contributed by atoms with Gasteiger partial charge in [0.05, 0.1) is 0 Å². The molecule has 1 amide bonds. The van der Waals surface area contributed by atoms with E-state index >= 15 is 0 Å². The van der Waals surface area contributed by atoms with E-state index in [1.807, 2.05) is 4.90 Å². The Bertz CT molecular complexity index is 798. The Hall–Kier alpha value is -1.68. The maximum Gasteiger partial charge on any atom is 0.223 e.